The summed E-state index contributed by atoms with van der Waals surface area (Å²) in [5, 5.41) is 3.83. The second-order valence-corrected chi connectivity index (χ2v) is 6.13. The molecule has 0 bridgehead atoms. The fraction of sp³-hybridized carbons (Fsp3) is 0.250. The predicted molar refractivity (Wildman–Crippen MR) is 74.3 cm³/mol. The maximum absolute atomic E-state index is 12.2. The average molecular weight is 280 g/mol. The van der Waals surface area contributed by atoms with Gasteiger partial charge in [-0.15, -0.1) is 0 Å². The van der Waals surface area contributed by atoms with E-state index in [1.165, 1.54) is 10.9 Å². The highest BCUT2D eigenvalue weighted by atomic mass is 32.2. The highest BCUT2D eigenvalue weighted by Gasteiger charge is 2.21. The van der Waals surface area contributed by atoms with E-state index in [1.54, 1.807) is 13.1 Å². The first-order chi connectivity index (χ1) is 8.79. The van der Waals surface area contributed by atoms with Crippen LogP contribution < -0.4 is 10.5 Å². The van der Waals surface area contributed by atoms with E-state index in [9.17, 15) is 8.42 Å². The number of sulfonamides is 1. The molecule has 7 heteroatoms. The Morgan fingerprint density at radius 3 is 2.53 bits per heavy atom. The zero-order valence-corrected chi connectivity index (χ0v) is 11.8. The Morgan fingerprint density at radius 1 is 1.32 bits per heavy atom. The number of nitrogens with two attached hydrogens (primary N) is 1. The van der Waals surface area contributed by atoms with Gasteiger partial charge in [-0.2, -0.15) is 5.10 Å². The zero-order chi connectivity index (χ0) is 14.2. The van der Waals surface area contributed by atoms with Gasteiger partial charge < -0.3 is 5.73 Å². The quantitative estimate of drug-likeness (QED) is 0.889. The van der Waals surface area contributed by atoms with Crippen LogP contribution >= 0.6 is 0 Å². The second-order valence-electron chi connectivity index (χ2n) is 4.48. The first-order valence-corrected chi connectivity index (χ1v) is 7.17. The van der Waals surface area contributed by atoms with Crippen LogP contribution in [0.15, 0.2) is 29.3 Å². The summed E-state index contributed by atoms with van der Waals surface area (Å²) in [6, 6.07) is 5.48. The van der Waals surface area contributed by atoms with Crippen LogP contribution in [-0.2, 0) is 17.1 Å². The predicted octanol–water partition coefficient (Wildman–Crippen LogP) is 1.42. The topological polar surface area (TPSA) is 90.0 Å². The van der Waals surface area contributed by atoms with Crippen LogP contribution in [0.4, 0.5) is 11.5 Å². The molecule has 0 saturated carbocycles. The van der Waals surface area contributed by atoms with E-state index in [1.807, 2.05) is 26.0 Å². The molecular formula is C12H16N4O2S. The molecule has 1 heterocycles. The van der Waals surface area contributed by atoms with Crippen LogP contribution in [0.5, 0.6) is 0 Å². The lowest BCUT2D eigenvalue weighted by molar-refractivity contribution is 0.601. The third-order valence-electron chi connectivity index (χ3n) is 2.74. The van der Waals surface area contributed by atoms with Crippen LogP contribution in [0, 0.1) is 13.8 Å². The van der Waals surface area contributed by atoms with Crippen molar-refractivity contribution in [3.05, 3.63) is 35.5 Å². The van der Waals surface area contributed by atoms with Crippen molar-refractivity contribution in [2.24, 2.45) is 7.05 Å². The van der Waals surface area contributed by atoms with Crippen LogP contribution in [0.1, 0.15) is 11.1 Å². The summed E-state index contributed by atoms with van der Waals surface area (Å²) in [5.41, 5.74) is 8.05. The molecule has 0 radical (unpaired) electrons. The monoisotopic (exact) mass is 280 g/mol. The SMILES string of the molecule is Cc1ccc(NS(=O)(=O)c2cn(C)nc2N)c(C)c1. The number of nitrogens with zero attached hydrogens (tertiary/aromatic N) is 2. The van der Waals surface area contributed by atoms with Gasteiger partial charge in [-0.3, -0.25) is 9.40 Å². The number of hydrogen-bond acceptors (Lipinski definition) is 4. The molecule has 0 saturated heterocycles. The van der Waals surface area contributed by atoms with E-state index < -0.39 is 10.0 Å². The number of rotatable bonds is 3. The van der Waals surface area contributed by atoms with Crippen molar-refractivity contribution in [3.8, 4) is 0 Å². The summed E-state index contributed by atoms with van der Waals surface area (Å²) in [6.45, 7) is 3.79. The number of aromatic nitrogens is 2. The van der Waals surface area contributed by atoms with Crippen molar-refractivity contribution in [2.75, 3.05) is 10.5 Å². The smallest absolute Gasteiger partial charge is 0.267 e. The van der Waals surface area contributed by atoms with E-state index in [2.05, 4.69) is 9.82 Å². The Morgan fingerprint density at radius 2 is 2.00 bits per heavy atom. The number of hydrogen-bond donors (Lipinski definition) is 2. The second kappa shape index (κ2) is 4.58. The summed E-state index contributed by atoms with van der Waals surface area (Å²) >= 11 is 0. The molecule has 6 nitrogen and oxygen atoms in total. The fourth-order valence-corrected chi connectivity index (χ4v) is 3.05. The van der Waals surface area contributed by atoms with Gasteiger partial charge in [-0.25, -0.2) is 8.42 Å². The normalized spacial score (nSPS) is 11.5. The van der Waals surface area contributed by atoms with Gasteiger partial charge in [-0.05, 0) is 25.5 Å². The Kier molecular flexibility index (Phi) is 3.23. The Balaban J connectivity index is 2.39. The summed E-state index contributed by atoms with van der Waals surface area (Å²) in [4.78, 5) is -0.0185. The first kappa shape index (κ1) is 13.4. The van der Waals surface area contributed by atoms with Gasteiger partial charge in [-0.1, -0.05) is 17.7 Å². The number of anilines is 2. The largest absolute Gasteiger partial charge is 0.381 e. The molecule has 0 atom stereocenters. The molecule has 1 aromatic carbocycles. The molecular weight excluding hydrogens is 264 g/mol. The summed E-state index contributed by atoms with van der Waals surface area (Å²) < 4.78 is 28.3. The summed E-state index contributed by atoms with van der Waals surface area (Å²) in [5.74, 6) is -0.0141. The third kappa shape index (κ3) is 2.70. The number of benzene rings is 1. The molecule has 0 amide bonds. The van der Waals surface area contributed by atoms with Crippen molar-refractivity contribution in [1.29, 1.82) is 0 Å². The Hall–Kier alpha value is -2.02. The molecule has 1 aromatic heterocycles. The highest BCUT2D eigenvalue weighted by Crippen LogP contribution is 2.22. The lowest BCUT2D eigenvalue weighted by atomic mass is 10.1. The average Bonchev–Trinajstić information content (AvgIpc) is 2.63. The Bertz CT molecular complexity index is 719. The van der Waals surface area contributed by atoms with Gasteiger partial charge >= 0.3 is 0 Å². The van der Waals surface area contributed by atoms with E-state index in [4.69, 9.17) is 5.73 Å². The molecule has 3 N–H and O–H groups in total. The van der Waals surface area contributed by atoms with Crippen molar-refractivity contribution < 1.29 is 8.42 Å². The van der Waals surface area contributed by atoms with Crippen molar-refractivity contribution in [2.45, 2.75) is 18.7 Å². The maximum Gasteiger partial charge on any atom is 0.267 e. The first-order valence-electron chi connectivity index (χ1n) is 5.69. The molecule has 0 aliphatic rings. The minimum Gasteiger partial charge on any atom is -0.381 e. The molecule has 0 aliphatic heterocycles. The minimum absolute atomic E-state index is 0.0141. The minimum atomic E-state index is -3.72. The Labute approximate surface area is 112 Å². The number of nitrogen functional groups attached to an aromatic ring is 1. The zero-order valence-electron chi connectivity index (χ0n) is 11.0. The molecule has 0 fully saturated rings. The fourth-order valence-electron chi connectivity index (χ4n) is 1.82. The standard InChI is InChI=1S/C12H16N4O2S/c1-8-4-5-10(9(2)6-8)15-19(17,18)11-7-16(3)14-12(11)13/h4-7,15H,1-3H3,(H2,13,14). The summed E-state index contributed by atoms with van der Waals surface area (Å²) in [7, 11) is -2.10. The van der Waals surface area contributed by atoms with Crippen molar-refractivity contribution in [1.82, 2.24) is 9.78 Å². The van der Waals surface area contributed by atoms with Gasteiger partial charge in [0.25, 0.3) is 10.0 Å². The molecule has 2 rings (SSSR count). The lowest BCUT2D eigenvalue weighted by Gasteiger charge is -2.10. The van der Waals surface area contributed by atoms with Gasteiger partial charge in [0, 0.05) is 13.2 Å². The van der Waals surface area contributed by atoms with E-state index in [0.717, 1.165) is 11.1 Å². The van der Waals surface area contributed by atoms with Gasteiger partial charge in [0.2, 0.25) is 0 Å². The van der Waals surface area contributed by atoms with Crippen LogP contribution in [-0.4, -0.2) is 18.2 Å². The van der Waals surface area contributed by atoms with Crippen LogP contribution in [0.2, 0.25) is 0 Å². The van der Waals surface area contributed by atoms with E-state index in [0.29, 0.717) is 5.69 Å². The molecule has 102 valence electrons. The van der Waals surface area contributed by atoms with E-state index in [-0.39, 0.29) is 10.7 Å². The third-order valence-corrected chi connectivity index (χ3v) is 4.12. The molecule has 2 aromatic rings. The van der Waals surface area contributed by atoms with Crippen molar-refractivity contribution in [3.63, 3.8) is 0 Å². The molecule has 0 unspecified atom stereocenters. The highest BCUT2D eigenvalue weighted by molar-refractivity contribution is 7.92. The maximum atomic E-state index is 12.2. The van der Waals surface area contributed by atoms with E-state index >= 15 is 0 Å². The molecule has 19 heavy (non-hydrogen) atoms. The van der Waals surface area contributed by atoms with Crippen LogP contribution in [0.25, 0.3) is 0 Å². The summed E-state index contributed by atoms with van der Waals surface area (Å²) in [6.07, 6.45) is 1.38. The van der Waals surface area contributed by atoms with Crippen molar-refractivity contribution >= 4 is 21.5 Å². The molecule has 0 spiro atoms. The number of nitrogens with one attached hydrogen (secondary N) is 1. The van der Waals surface area contributed by atoms with Gasteiger partial charge in [0.05, 0.1) is 5.69 Å². The lowest BCUT2D eigenvalue weighted by Crippen LogP contribution is -2.14. The number of aryl methyl sites for hydroxylation is 3. The van der Waals surface area contributed by atoms with Crippen LogP contribution in [0.3, 0.4) is 0 Å². The van der Waals surface area contributed by atoms with Gasteiger partial charge in [0.15, 0.2) is 5.82 Å². The molecule has 0 aliphatic carbocycles. The van der Waals surface area contributed by atoms with Gasteiger partial charge in [0.1, 0.15) is 4.90 Å².